The SMILES string of the molecule is CCn1cc(S(=O)(=O)NCC2CCCCO2)cc1CO. The van der Waals surface area contributed by atoms with Gasteiger partial charge in [0.15, 0.2) is 0 Å². The standard InChI is InChI=1S/C13H22N2O4S/c1-2-15-9-13(7-11(15)10-16)20(17,18)14-8-12-5-3-4-6-19-12/h7,9,12,14,16H,2-6,8,10H2,1H3. The molecule has 1 aromatic rings. The van der Waals surface area contributed by atoms with Crippen molar-refractivity contribution in [1.82, 2.24) is 9.29 Å². The molecule has 1 aliphatic rings. The Morgan fingerprint density at radius 3 is 2.85 bits per heavy atom. The summed E-state index contributed by atoms with van der Waals surface area (Å²) in [5, 5.41) is 9.21. The first-order valence-electron chi connectivity index (χ1n) is 6.98. The molecule has 1 unspecified atom stereocenters. The molecule has 2 rings (SSSR count). The van der Waals surface area contributed by atoms with Crippen LogP contribution in [0.15, 0.2) is 17.2 Å². The van der Waals surface area contributed by atoms with Gasteiger partial charge in [-0.25, -0.2) is 13.1 Å². The number of sulfonamides is 1. The van der Waals surface area contributed by atoms with E-state index in [0.717, 1.165) is 19.3 Å². The third-order valence-electron chi connectivity index (χ3n) is 3.55. The lowest BCUT2D eigenvalue weighted by molar-refractivity contribution is 0.0200. The average Bonchev–Trinajstić information content (AvgIpc) is 2.90. The molecule has 20 heavy (non-hydrogen) atoms. The molecule has 1 aromatic heterocycles. The molecule has 0 spiro atoms. The van der Waals surface area contributed by atoms with Crippen LogP contribution in [0.4, 0.5) is 0 Å². The zero-order valence-electron chi connectivity index (χ0n) is 11.7. The molecule has 114 valence electrons. The van der Waals surface area contributed by atoms with Crippen molar-refractivity contribution in [1.29, 1.82) is 0 Å². The second-order valence-corrected chi connectivity index (χ2v) is 6.72. The first kappa shape index (κ1) is 15.5. The van der Waals surface area contributed by atoms with Crippen LogP contribution in [0.25, 0.3) is 0 Å². The summed E-state index contributed by atoms with van der Waals surface area (Å²) in [6, 6.07) is 1.51. The van der Waals surface area contributed by atoms with E-state index in [2.05, 4.69) is 4.72 Å². The molecule has 0 radical (unpaired) electrons. The summed E-state index contributed by atoms with van der Waals surface area (Å²) in [6.07, 6.45) is 4.52. The van der Waals surface area contributed by atoms with Crippen LogP contribution < -0.4 is 4.72 Å². The maximum atomic E-state index is 12.2. The number of aryl methyl sites for hydroxylation is 1. The molecule has 0 bridgehead atoms. The highest BCUT2D eigenvalue weighted by Gasteiger charge is 2.21. The summed E-state index contributed by atoms with van der Waals surface area (Å²) in [5.74, 6) is 0. The highest BCUT2D eigenvalue weighted by molar-refractivity contribution is 7.89. The number of aliphatic hydroxyl groups is 1. The lowest BCUT2D eigenvalue weighted by Gasteiger charge is -2.22. The smallest absolute Gasteiger partial charge is 0.242 e. The molecule has 0 aliphatic carbocycles. The number of nitrogens with one attached hydrogen (secondary N) is 1. The molecule has 1 atom stereocenters. The van der Waals surface area contributed by atoms with E-state index in [1.807, 2.05) is 6.92 Å². The van der Waals surface area contributed by atoms with Crippen LogP contribution in [0.5, 0.6) is 0 Å². The van der Waals surface area contributed by atoms with Crippen molar-refractivity contribution in [3.63, 3.8) is 0 Å². The Bertz CT molecular complexity index is 511. The van der Waals surface area contributed by atoms with Crippen LogP contribution in [-0.2, 0) is 27.9 Å². The van der Waals surface area contributed by atoms with Gasteiger partial charge in [-0.05, 0) is 32.3 Å². The summed E-state index contributed by atoms with van der Waals surface area (Å²) in [4.78, 5) is 0.194. The third kappa shape index (κ3) is 3.60. The van der Waals surface area contributed by atoms with Crippen LogP contribution in [0, 0.1) is 0 Å². The van der Waals surface area contributed by atoms with Crippen LogP contribution in [0.1, 0.15) is 31.9 Å². The summed E-state index contributed by atoms with van der Waals surface area (Å²) in [6.45, 7) is 3.35. The summed E-state index contributed by atoms with van der Waals surface area (Å²) in [7, 11) is -3.54. The zero-order chi connectivity index (χ0) is 14.6. The molecule has 0 amide bonds. The van der Waals surface area contributed by atoms with Gasteiger partial charge in [-0.1, -0.05) is 0 Å². The molecule has 1 saturated heterocycles. The Labute approximate surface area is 119 Å². The molecule has 1 fully saturated rings. The fourth-order valence-electron chi connectivity index (χ4n) is 2.35. The Balaban J connectivity index is 2.03. The average molecular weight is 302 g/mol. The number of ether oxygens (including phenoxy) is 1. The van der Waals surface area contributed by atoms with Crippen molar-refractivity contribution in [2.45, 2.75) is 50.3 Å². The van der Waals surface area contributed by atoms with E-state index in [9.17, 15) is 13.5 Å². The number of aromatic nitrogens is 1. The van der Waals surface area contributed by atoms with Crippen LogP contribution in [-0.4, -0.2) is 37.3 Å². The highest BCUT2D eigenvalue weighted by atomic mass is 32.2. The second-order valence-electron chi connectivity index (χ2n) is 4.95. The summed E-state index contributed by atoms with van der Waals surface area (Å²) >= 11 is 0. The van der Waals surface area contributed by atoms with E-state index in [-0.39, 0.29) is 17.6 Å². The number of rotatable bonds is 6. The minimum Gasteiger partial charge on any atom is -0.390 e. The maximum Gasteiger partial charge on any atom is 0.242 e. The van der Waals surface area contributed by atoms with Gasteiger partial charge in [-0.3, -0.25) is 0 Å². The van der Waals surface area contributed by atoms with Crippen LogP contribution in [0.2, 0.25) is 0 Å². The third-order valence-corrected chi connectivity index (χ3v) is 4.94. The van der Waals surface area contributed by atoms with Crippen molar-refractivity contribution in [2.75, 3.05) is 13.2 Å². The largest absolute Gasteiger partial charge is 0.390 e. The molecule has 0 aromatic carbocycles. The summed E-state index contributed by atoms with van der Waals surface area (Å²) < 4.78 is 34.2. The highest BCUT2D eigenvalue weighted by Crippen LogP contribution is 2.16. The van der Waals surface area contributed by atoms with Crippen molar-refractivity contribution < 1.29 is 18.3 Å². The molecule has 2 heterocycles. The van der Waals surface area contributed by atoms with Gasteiger partial charge >= 0.3 is 0 Å². The molecule has 7 heteroatoms. The van der Waals surface area contributed by atoms with E-state index in [1.165, 1.54) is 6.07 Å². The van der Waals surface area contributed by atoms with E-state index >= 15 is 0 Å². The molecular formula is C13H22N2O4S. The molecule has 6 nitrogen and oxygen atoms in total. The van der Waals surface area contributed by atoms with Gasteiger partial charge in [0.2, 0.25) is 10.0 Å². The molecular weight excluding hydrogens is 280 g/mol. The van der Waals surface area contributed by atoms with E-state index in [4.69, 9.17) is 4.74 Å². The van der Waals surface area contributed by atoms with E-state index in [1.54, 1.807) is 10.8 Å². The second kappa shape index (κ2) is 6.71. The predicted molar refractivity (Wildman–Crippen MR) is 74.8 cm³/mol. The number of aliphatic hydroxyl groups excluding tert-OH is 1. The van der Waals surface area contributed by atoms with Crippen molar-refractivity contribution in [3.8, 4) is 0 Å². The van der Waals surface area contributed by atoms with Gasteiger partial charge in [-0.2, -0.15) is 0 Å². The topological polar surface area (TPSA) is 80.6 Å². The normalized spacial score (nSPS) is 20.2. The van der Waals surface area contributed by atoms with Gasteiger partial charge in [0, 0.05) is 31.6 Å². The van der Waals surface area contributed by atoms with E-state index in [0.29, 0.717) is 25.4 Å². The first-order chi connectivity index (χ1) is 9.56. The van der Waals surface area contributed by atoms with Crippen LogP contribution >= 0.6 is 0 Å². The fourth-order valence-corrected chi connectivity index (χ4v) is 3.48. The molecule has 2 N–H and O–H groups in total. The minimum absolute atomic E-state index is 0.0379. The summed E-state index contributed by atoms with van der Waals surface area (Å²) in [5.41, 5.74) is 0.599. The van der Waals surface area contributed by atoms with Gasteiger partial charge in [0.05, 0.1) is 17.6 Å². The monoisotopic (exact) mass is 302 g/mol. The van der Waals surface area contributed by atoms with Gasteiger partial charge < -0.3 is 14.4 Å². The quantitative estimate of drug-likeness (QED) is 0.816. The zero-order valence-corrected chi connectivity index (χ0v) is 12.5. The Hall–Kier alpha value is -0.890. The predicted octanol–water partition coefficient (Wildman–Crippen LogP) is 0.848. The maximum absolute atomic E-state index is 12.2. The Kier molecular flexibility index (Phi) is 5.20. The van der Waals surface area contributed by atoms with Gasteiger partial charge in [0.1, 0.15) is 0 Å². The molecule has 1 aliphatic heterocycles. The van der Waals surface area contributed by atoms with Crippen molar-refractivity contribution >= 4 is 10.0 Å². The lowest BCUT2D eigenvalue weighted by Crippen LogP contribution is -2.35. The van der Waals surface area contributed by atoms with Gasteiger partial charge in [-0.15, -0.1) is 0 Å². The molecule has 0 saturated carbocycles. The van der Waals surface area contributed by atoms with Crippen LogP contribution in [0.3, 0.4) is 0 Å². The lowest BCUT2D eigenvalue weighted by atomic mass is 10.1. The van der Waals surface area contributed by atoms with Crippen molar-refractivity contribution in [3.05, 3.63) is 18.0 Å². The fraction of sp³-hybridized carbons (Fsp3) is 0.692. The Morgan fingerprint density at radius 1 is 1.50 bits per heavy atom. The minimum atomic E-state index is -3.54. The van der Waals surface area contributed by atoms with E-state index < -0.39 is 10.0 Å². The number of hydrogen-bond donors (Lipinski definition) is 2. The number of hydrogen-bond acceptors (Lipinski definition) is 4. The van der Waals surface area contributed by atoms with Gasteiger partial charge in [0.25, 0.3) is 0 Å². The van der Waals surface area contributed by atoms with Crippen molar-refractivity contribution in [2.24, 2.45) is 0 Å². The first-order valence-corrected chi connectivity index (χ1v) is 8.46. The Morgan fingerprint density at radius 2 is 2.30 bits per heavy atom. The number of nitrogens with zero attached hydrogens (tertiary/aromatic N) is 1.